The molecule has 3 rings (SSSR count). The average Bonchev–Trinajstić information content (AvgIpc) is 2.93. The molecule has 0 radical (unpaired) electrons. The van der Waals surface area contributed by atoms with Crippen molar-refractivity contribution in [3.05, 3.63) is 36.3 Å². The third kappa shape index (κ3) is 2.40. The molecule has 3 heterocycles. The first-order valence-electron chi connectivity index (χ1n) is 6.32. The molecule has 0 aliphatic carbocycles. The van der Waals surface area contributed by atoms with Crippen LogP contribution in [-0.2, 0) is 13.0 Å². The summed E-state index contributed by atoms with van der Waals surface area (Å²) in [5.41, 5.74) is 0.349. The Kier molecular flexibility index (Phi) is 3.11. The summed E-state index contributed by atoms with van der Waals surface area (Å²) in [5.74, 6) is 2.25. The normalized spacial score (nSPS) is 17.5. The Morgan fingerprint density at radius 1 is 1.32 bits per heavy atom. The molecule has 0 amide bonds. The first-order chi connectivity index (χ1) is 9.36. The topological polar surface area (TPSA) is 79.4 Å². The molecule has 96 valence electrons. The summed E-state index contributed by atoms with van der Waals surface area (Å²) < 4.78 is 2.19. The van der Waals surface area contributed by atoms with Crippen LogP contribution in [0.2, 0.25) is 0 Å². The zero-order valence-corrected chi connectivity index (χ0v) is 10.5. The van der Waals surface area contributed by atoms with Crippen LogP contribution in [0.25, 0.3) is 0 Å². The molecular weight excluding hydrogens is 240 g/mol. The smallest absolute Gasteiger partial charge is 0.182 e. The summed E-state index contributed by atoms with van der Waals surface area (Å²) in [5, 5.41) is 12.2. The summed E-state index contributed by atoms with van der Waals surface area (Å²) in [6.07, 6.45) is 9.10. The van der Waals surface area contributed by atoms with Crippen molar-refractivity contribution in [2.45, 2.75) is 19.4 Å². The van der Waals surface area contributed by atoms with Crippen LogP contribution in [0, 0.1) is 17.2 Å². The van der Waals surface area contributed by atoms with Crippen molar-refractivity contribution < 1.29 is 0 Å². The Labute approximate surface area is 111 Å². The predicted molar refractivity (Wildman–Crippen MR) is 69.3 cm³/mol. The molecular formula is C13H14N6. The Balaban J connectivity index is 1.63. The lowest BCUT2D eigenvalue weighted by Crippen LogP contribution is -2.26. The van der Waals surface area contributed by atoms with Crippen molar-refractivity contribution in [3.8, 4) is 6.07 Å². The van der Waals surface area contributed by atoms with E-state index in [-0.39, 0.29) is 0 Å². The lowest BCUT2D eigenvalue weighted by molar-refractivity contribution is 0.381. The summed E-state index contributed by atoms with van der Waals surface area (Å²) in [4.78, 5) is 12.5. The van der Waals surface area contributed by atoms with E-state index < -0.39 is 0 Å². The van der Waals surface area contributed by atoms with Gasteiger partial charge < -0.3 is 9.88 Å². The van der Waals surface area contributed by atoms with Gasteiger partial charge in [-0.2, -0.15) is 5.26 Å². The van der Waals surface area contributed by atoms with E-state index in [4.69, 9.17) is 5.26 Å². The number of hydrogen-bond acceptors (Lipinski definition) is 5. The van der Waals surface area contributed by atoms with Crippen LogP contribution in [0.1, 0.15) is 17.9 Å². The first kappa shape index (κ1) is 11.7. The molecule has 0 fully saturated rings. The van der Waals surface area contributed by atoms with E-state index in [1.807, 2.05) is 18.5 Å². The zero-order chi connectivity index (χ0) is 13.1. The molecule has 2 aromatic rings. The highest BCUT2D eigenvalue weighted by atomic mass is 15.1. The van der Waals surface area contributed by atoms with Gasteiger partial charge in [0.15, 0.2) is 11.5 Å². The Bertz CT molecular complexity index is 612. The molecule has 1 aliphatic rings. The van der Waals surface area contributed by atoms with E-state index in [0.29, 0.717) is 17.4 Å². The number of rotatable bonds is 3. The van der Waals surface area contributed by atoms with Crippen molar-refractivity contribution in [2.75, 3.05) is 11.9 Å². The van der Waals surface area contributed by atoms with Gasteiger partial charge in [0.1, 0.15) is 11.9 Å². The number of nitrogens with one attached hydrogen (secondary N) is 1. The second-order valence-electron chi connectivity index (χ2n) is 4.65. The van der Waals surface area contributed by atoms with Crippen LogP contribution in [-0.4, -0.2) is 26.1 Å². The van der Waals surface area contributed by atoms with Crippen molar-refractivity contribution in [3.63, 3.8) is 0 Å². The maximum absolute atomic E-state index is 8.95. The average molecular weight is 254 g/mol. The maximum Gasteiger partial charge on any atom is 0.182 e. The summed E-state index contributed by atoms with van der Waals surface area (Å²) in [6.45, 7) is 1.76. The minimum Gasteiger partial charge on any atom is -0.367 e. The fourth-order valence-corrected chi connectivity index (χ4v) is 2.39. The minimum atomic E-state index is 0.349. The molecule has 0 bridgehead atoms. The highest BCUT2D eigenvalue weighted by Gasteiger charge is 2.19. The van der Waals surface area contributed by atoms with E-state index in [0.717, 1.165) is 31.8 Å². The quantitative estimate of drug-likeness (QED) is 0.890. The van der Waals surface area contributed by atoms with Gasteiger partial charge in [-0.3, -0.25) is 0 Å². The Morgan fingerprint density at radius 3 is 3.11 bits per heavy atom. The summed E-state index contributed by atoms with van der Waals surface area (Å²) >= 11 is 0. The largest absolute Gasteiger partial charge is 0.367 e. The third-order valence-electron chi connectivity index (χ3n) is 3.40. The third-order valence-corrected chi connectivity index (χ3v) is 3.40. The van der Waals surface area contributed by atoms with E-state index in [1.165, 1.54) is 6.20 Å². The van der Waals surface area contributed by atoms with Crippen molar-refractivity contribution in [2.24, 2.45) is 5.92 Å². The molecule has 6 nitrogen and oxygen atoms in total. The predicted octanol–water partition coefficient (Wildman–Crippen LogP) is 1.22. The van der Waals surface area contributed by atoms with Gasteiger partial charge in [-0.25, -0.2) is 15.0 Å². The van der Waals surface area contributed by atoms with Gasteiger partial charge in [-0.1, -0.05) is 0 Å². The number of aromatic nitrogens is 4. The molecule has 1 N–H and O–H groups in total. The van der Waals surface area contributed by atoms with E-state index in [9.17, 15) is 0 Å². The molecule has 0 unspecified atom stereocenters. The second-order valence-corrected chi connectivity index (χ2v) is 4.65. The second kappa shape index (κ2) is 5.06. The maximum atomic E-state index is 8.95. The molecule has 0 spiro atoms. The monoisotopic (exact) mass is 254 g/mol. The van der Waals surface area contributed by atoms with Gasteiger partial charge in [0.05, 0.1) is 0 Å². The molecule has 19 heavy (non-hydrogen) atoms. The lowest BCUT2D eigenvalue weighted by atomic mass is 9.99. The highest BCUT2D eigenvalue weighted by molar-refractivity contribution is 5.46. The Hall–Kier alpha value is -2.42. The molecule has 0 saturated carbocycles. The highest BCUT2D eigenvalue weighted by Crippen LogP contribution is 2.19. The fourth-order valence-electron chi connectivity index (χ4n) is 2.39. The van der Waals surface area contributed by atoms with Crippen LogP contribution in [0.4, 0.5) is 5.82 Å². The summed E-state index contributed by atoms with van der Waals surface area (Å²) in [7, 11) is 0. The molecule has 0 aromatic carbocycles. The van der Waals surface area contributed by atoms with Gasteiger partial charge in [0.2, 0.25) is 0 Å². The minimum absolute atomic E-state index is 0.349. The van der Waals surface area contributed by atoms with Crippen molar-refractivity contribution in [1.82, 2.24) is 19.5 Å². The SMILES string of the molecule is N#Cc1nccnc1NC[C@@H]1CCc2nccn2C1. The number of nitriles is 1. The standard InChI is InChI=1S/C13H14N6/c14-7-11-13(17-4-3-15-11)18-8-10-1-2-12-16-5-6-19(12)9-10/h3-6,10H,1-2,8-9H2,(H,17,18)/t10-/m0/s1. The number of nitrogens with zero attached hydrogens (tertiary/aromatic N) is 5. The molecule has 1 aliphatic heterocycles. The van der Waals surface area contributed by atoms with Crippen LogP contribution < -0.4 is 5.32 Å². The molecule has 6 heteroatoms. The zero-order valence-electron chi connectivity index (χ0n) is 10.5. The number of aryl methyl sites for hydroxylation is 1. The molecule has 2 aromatic heterocycles. The lowest BCUT2D eigenvalue weighted by Gasteiger charge is -2.24. The van der Waals surface area contributed by atoms with Crippen LogP contribution in [0.5, 0.6) is 0 Å². The van der Waals surface area contributed by atoms with E-state index in [1.54, 1.807) is 6.20 Å². The number of anilines is 1. The van der Waals surface area contributed by atoms with Gasteiger partial charge in [-0.05, 0) is 12.3 Å². The first-order valence-corrected chi connectivity index (χ1v) is 6.32. The Morgan fingerprint density at radius 2 is 2.21 bits per heavy atom. The van der Waals surface area contributed by atoms with Crippen LogP contribution >= 0.6 is 0 Å². The molecule has 0 saturated heterocycles. The van der Waals surface area contributed by atoms with E-state index >= 15 is 0 Å². The number of fused-ring (bicyclic) bond motifs is 1. The van der Waals surface area contributed by atoms with Crippen molar-refractivity contribution in [1.29, 1.82) is 5.26 Å². The van der Waals surface area contributed by atoms with Crippen LogP contribution in [0.3, 0.4) is 0 Å². The molecule has 1 atom stereocenters. The van der Waals surface area contributed by atoms with E-state index in [2.05, 4.69) is 24.8 Å². The van der Waals surface area contributed by atoms with Gasteiger partial charge in [0.25, 0.3) is 0 Å². The summed E-state index contributed by atoms with van der Waals surface area (Å²) in [6, 6.07) is 2.04. The van der Waals surface area contributed by atoms with Gasteiger partial charge >= 0.3 is 0 Å². The van der Waals surface area contributed by atoms with Gasteiger partial charge in [-0.15, -0.1) is 0 Å². The fraction of sp³-hybridized carbons (Fsp3) is 0.385. The van der Waals surface area contributed by atoms with Crippen molar-refractivity contribution >= 4 is 5.82 Å². The van der Waals surface area contributed by atoms with Crippen LogP contribution in [0.15, 0.2) is 24.8 Å². The number of imidazole rings is 1. The van der Waals surface area contributed by atoms with Gasteiger partial charge in [0, 0.05) is 44.3 Å². The number of hydrogen-bond donors (Lipinski definition) is 1.